The average Bonchev–Trinajstić information content (AvgIpc) is 2.70. The number of nitrogens with zero attached hydrogens (tertiary/aromatic N) is 2. The standard InChI is InChI=1S/C15H22ClN3O/c1-13-3-10-4-14(2,7-13)9-15(5-10,8-13)17-12-19-18-11(6-16)20-12/h10H,3-9H2,1-2H3,(H,17,19). The van der Waals surface area contributed by atoms with Crippen molar-refractivity contribution in [3.05, 3.63) is 5.89 Å². The maximum atomic E-state index is 5.74. The Labute approximate surface area is 124 Å². The summed E-state index contributed by atoms with van der Waals surface area (Å²) in [4.78, 5) is 0. The van der Waals surface area contributed by atoms with E-state index in [2.05, 4.69) is 29.4 Å². The predicted molar refractivity (Wildman–Crippen MR) is 77.6 cm³/mol. The van der Waals surface area contributed by atoms with Gasteiger partial charge in [-0.05, 0) is 55.3 Å². The number of anilines is 1. The average molecular weight is 296 g/mol. The van der Waals surface area contributed by atoms with E-state index in [0.29, 0.717) is 22.7 Å². The maximum Gasteiger partial charge on any atom is 0.315 e. The third-order valence-corrected chi connectivity index (χ3v) is 5.81. The highest BCUT2D eigenvalue weighted by Gasteiger charge is 2.60. The lowest BCUT2D eigenvalue weighted by Gasteiger charge is -2.65. The number of aromatic nitrogens is 2. The molecule has 0 radical (unpaired) electrons. The first-order valence-electron chi connectivity index (χ1n) is 7.58. The fourth-order valence-electron chi connectivity index (χ4n) is 6.17. The highest BCUT2D eigenvalue weighted by molar-refractivity contribution is 6.16. The maximum absolute atomic E-state index is 5.74. The summed E-state index contributed by atoms with van der Waals surface area (Å²) in [7, 11) is 0. The van der Waals surface area contributed by atoms with E-state index in [0.717, 1.165) is 5.92 Å². The number of halogens is 1. The van der Waals surface area contributed by atoms with E-state index < -0.39 is 0 Å². The zero-order valence-corrected chi connectivity index (χ0v) is 13.0. The Hall–Kier alpha value is -0.770. The van der Waals surface area contributed by atoms with E-state index in [-0.39, 0.29) is 11.4 Å². The van der Waals surface area contributed by atoms with Gasteiger partial charge in [-0.2, -0.15) is 0 Å². The van der Waals surface area contributed by atoms with E-state index in [1.54, 1.807) is 0 Å². The molecule has 20 heavy (non-hydrogen) atoms. The van der Waals surface area contributed by atoms with Gasteiger partial charge in [0.2, 0.25) is 5.89 Å². The lowest BCUT2D eigenvalue weighted by atomic mass is 9.43. The van der Waals surface area contributed by atoms with E-state index in [9.17, 15) is 0 Å². The van der Waals surface area contributed by atoms with Gasteiger partial charge in [-0.25, -0.2) is 0 Å². The zero-order chi connectivity index (χ0) is 14.0. The van der Waals surface area contributed by atoms with Gasteiger partial charge in [-0.1, -0.05) is 18.9 Å². The van der Waals surface area contributed by atoms with Crippen molar-refractivity contribution in [3.63, 3.8) is 0 Å². The molecule has 5 heteroatoms. The van der Waals surface area contributed by atoms with E-state index in [1.165, 1.54) is 38.5 Å². The predicted octanol–water partition coefficient (Wildman–Crippen LogP) is 3.97. The van der Waals surface area contributed by atoms with Crippen LogP contribution < -0.4 is 5.32 Å². The van der Waals surface area contributed by atoms with Gasteiger partial charge in [-0.15, -0.1) is 16.7 Å². The summed E-state index contributed by atoms with van der Waals surface area (Å²) in [6.45, 7) is 4.92. The molecule has 0 spiro atoms. The van der Waals surface area contributed by atoms with Crippen molar-refractivity contribution in [3.8, 4) is 0 Å². The van der Waals surface area contributed by atoms with Crippen LogP contribution in [0.4, 0.5) is 6.01 Å². The second-order valence-electron chi connectivity index (χ2n) is 8.17. The number of hydrogen-bond acceptors (Lipinski definition) is 4. The highest BCUT2D eigenvalue weighted by atomic mass is 35.5. The third-order valence-electron chi connectivity index (χ3n) is 5.58. The Balaban J connectivity index is 1.63. The molecule has 5 rings (SSSR count). The van der Waals surface area contributed by atoms with Crippen LogP contribution in [0, 0.1) is 16.7 Å². The Kier molecular flexibility index (Phi) is 2.52. The molecule has 1 aromatic rings. The molecule has 1 heterocycles. The molecule has 4 aliphatic rings. The fourth-order valence-corrected chi connectivity index (χ4v) is 6.28. The van der Waals surface area contributed by atoms with Crippen LogP contribution in [-0.2, 0) is 5.88 Å². The van der Waals surface area contributed by atoms with Crippen LogP contribution in [0.3, 0.4) is 0 Å². The third kappa shape index (κ3) is 1.95. The van der Waals surface area contributed by atoms with Crippen LogP contribution in [0.25, 0.3) is 0 Å². The number of nitrogens with one attached hydrogen (secondary N) is 1. The minimum absolute atomic E-state index is 0.152. The second kappa shape index (κ2) is 3.90. The van der Waals surface area contributed by atoms with Crippen molar-refractivity contribution in [2.45, 2.75) is 63.8 Å². The van der Waals surface area contributed by atoms with Crippen LogP contribution in [0.1, 0.15) is 58.3 Å². The Bertz CT molecular complexity index is 525. The minimum Gasteiger partial charge on any atom is -0.407 e. The minimum atomic E-state index is 0.152. The smallest absolute Gasteiger partial charge is 0.315 e. The van der Waals surface area contributed by atoms with E-state index in [1.807, 2.05) is 0 Å². The molecular formula is C15H22ClN3O. The van der Waals surface area contributed by atoms with Gasteiger partial charge in [0.05, 0.1) is 0 Å². The molecule has 4 fully saturated rings. The van der Waals surface area contributed by atoms with Crippen LogP contribution in [0.2, 0.25) is 0 Å². The number of alkyl halides is 1. The van der Waals surface area contributed by atoms with Crippen molar-refractivity contribution in [2.75, 3.05) is 5.32 Å². The molecule has 0 aromatic carbocycles. The first-order valence-corrected chi connectivity index (χ1v) is 8.12. The highest BCUT2D eigenvalue weighted by Crippen LogP contribution is 2.66. The summed E-state index contributed by atoms with van der Waals surface area (Å²) in [5.41, 5.74) is 1.12. The largest absolute Gasteiger partial charge is 0.407 e. The van der Waals surface area contributed by atoms with E-state index >= 15 is 0 Å². The molecule has 1 aromatic heterocycles. The monoisotopic (exact) mass is 295 g/mol. The molecular weight excluding hydrogens is 274 g/mol. The molecule has 1 N–H and O–H groups in total. The normalized spacial score (nSPS) is 45.9. The van der Waals surface area contributed by atoms with Gasteiger partial charge in [0, 0.05) is 5.54 Å². The van der Waals surface area contributed by atoms with Gasteiger partial charge >= 0.3 is 6.01 Å². The Morgan fingerprint density at radius 2 is 1.85 bits per heavy atom. The second-order valence-corrected chi connectivity index (χ2v) is 8.44. The molecule has 4 saturated carbocycles. The zero-order valence-electron chi connectivity index (χ0n) is 12.2. The van der Waals surface area contributed by atoms with Crippen LogP contribution in [-0.4, -0.2) is 15.7 Å². The van der Waals surface area contributed by atoms with Crippen molar-refractivity contribution >= 4 is 17.6 Å². The molecule has 0 saturated heterocycles. The van der Waals surface area contributed by atoms with Crippen LogP contribution in [0.5, 0.6) is 0 Å². The Morgan fingerprint density at radius 3 is 2.40 bits per heavy atom. The molecule has 4 bridgehead atoms. The van der Waals surface area contributed by atoms with Crippen molar-refractivity contribution < 1.29 is 4.42 Å². The summed E-state index contributed by atoms with van der Waals surface area (Å²) < 4.78 is 5.57. The van der Waals surface area contributed by atoms with Crippen molar-refractivity contribution in [1.82, 2.24) is 10.2 Å². The van der Waals surface area contributed by atoms with Gasteiger partial charge < -0.3 is 9.73 Å². The van der Waals surface area contributed by atoms with Gasteiger partial charge in [-0.3, -0.25) is 0 Å². The van der Waals surface area contributed by atoms with Gasteiger partial charge in [0.1, 0.15) is 5.88 Å². The molecule has 2 atom stereocenters. The number of rotatable bonds is 3. The lowest BCUT2D eigenvalue weighted by Crippen LogP contribution is -2.61. The number of hydrogen-bond donors (Lipinski definition) is 1. The SMILES string of the molecule is CC12CC3CC(C)(C1)CC(Nc1nnc(CCl)o1)(C3)C2. The van der Waals surface area contributed by atoms with Crippen molar-refractivity contribution in [1.29, 1.82) is 0 Å². The molecule has 0 aliphatic heterocycles. The van der Waals surface area contributed by atoms with Crippen LogP contribution in [0.15, 0.2) is 4.42 Å². The molecule has 4 aliphatic carbocycles. The molecule has 0 amide bonds. The van der Waals surface area contributed by atoms with Gasteiger partial charge in [0.25, 0.3) is 0 Å². The summed E-state index contributed by atoms with van der Waals surface area (Å²) in [6.07, 6.45) is 7.86. The molecule has 110 valence electrons. The van der Waals surface area contributed by atoms with Gasteiger partial charge in [0.15, 0.2) is 0 Å². The quantitative estimate of drug-likeness (QED) is 0.857. The Morgan fingerprint density at radius 1 is 1.15 bits per heavy atom. The molecule has 4 nitrogen and oxygen atoms in total. The summed E-state index contributed by atoms with van der Waals surface area (Å²) in [5.74, 6) is 1.63. The summed E-state index contributed by atoms with van der Waals surface area (Å²) in [5, 5.41) is 11.6. The topological polar surface area (TPSA) is 51.0 Å². The lowest BCUT2D eigenvalue weighted by molar-refractivity contribution is -0.0978. The first kappa shape index (κ1) is 12.9. The van der Waals surface area contributed by atoms with Crippen LogP contribution >= 0.6 is 11.6 Å². The summed E-state index contributed by atoms with van der Waals surface area (Å²) in [6, 6.07) is 0.551. The molecule has 2 unspecified atom stereocenters. The first-order chi connectivity index (χ1) is 9.42. The summed E-state index contributed by atoms with van der Waals surface area (Å²) >= 11 is 5.74. The van der Waals surface area contributed by atoms with E-state index in [4.69, 9.17) is 16.0 Å². The van der Waals surface area contributed by atoms with Crippen molar-refractivity contribution in [2.24, 2.45) is 16.7 Å². The fraction of sp³-hybridized carbons (Fsp3) is 0.867.